The van der Waals surface area contributed by atoms with E-state index in [2.05, 4.69) is 15.5 Å². The number of aromatic nitrogens is 2. The third-order valence-electron chi connectivity index (χ3n) is 2.56. The molecule has 1 heterocycles. The predicted octanol–water partition coefficient (Wildman–Crippen LogP) is 2.52. The van der Waals surface area contributed by atoms with E-state index < -0.39 is 0 Å². The summed E-state index contributed by atoms with van der Waals surface area (Å²) in [7, 11) is 3.15. The van der Waals surface area contributed by atoms with Crippen molar-refractivity contribution in [2.75, 3.05) is 19.5 Å². The van der Waals surface area contributed by atoms with Gasteiger partial charge in [0.1, 0.15) is 16.5 Å². The molecule has 21 heavy (non-hydrogen) atoms. The van der Waals surface area contributed by atoms with Crippen LogP contribution >= 0.6 is 11.3 Å². The van der Waals surface area contributed by atoms with E-state index >= 15 is 0 Å². The summed E-state index contributed by atoms with van der Waals surface area (Å²) in [6.07, 6.45) is 3.10. The Morgan fingerprint density at radius 1 is 1.19 bits per heavy atom. The first-order valence-corrected chi connectivity index (χ1v) is 6.94. The van der Waals surface area contributed by atoms with E-state index in [9.17, 15) is 4.79 Å². The average molecular weight is 305 g/mol. The zero-order chi connectivity index (χ0) is 15.2. The minimum Gasteiger partial charge on any atom is -0.497 e. The highest BCUT2D eigenvalue weighted by Crippen LogP contribution is 2.23. The van der Waals surface area contributed by atoms with Gasteiger partial charge in [0.25, 0.3) is 0 Å². The molecule has 0 aliphatic carbocycles. The molecule has 0 radical (unpaired) electrons. The number of aryl methyl sites for hydroxylation is 1. The highest BCUT2D eigenvalue weighted by Gasteiger charge is 2.04. The van der Waals surface area contributed by atoms with Gasteiger partial charge in [-0.2, -0.15) is 0 Å². The number of amides is 1. The molecule has 1 amide bonds. The summed E-state index contributed by atoms with van der Waals surface area (Å²) in [5, 5.41) is 11.6. The lowest BCUT2D eigenvalue weighted by atomic mass is 10.2. The molecule has 0 bridgehead atoms. The number of hydrogen-bond donors (Lipinski definition) is 1. The zero-order valence-electron chi connectivity index (χ0n) is 11.9. The maximum Gasteiger partial charge on any atom is 0.250 e. The second-order valence-electron chi connectivity index (χ2n) is 4.09. The van der Waals surface area contributed by atoms with E-state index in [1.165, 1.54) is 17.4 Å². The molecule has 0 saturated carbocycles. The van der Waals surface area contributed by atoms with Crippen molar-refractivity contribution in [1.82, 2.24) is 10.2 Å². The fourth-order valence-corrected chi connectivity index (χ4v) is 2.19. The van der Waals surface area contributed by atoms with Crippen LogP contribution in [-0.4, -0.2) is 30.3 Å². The Morgan fingerprint density at radius 3 is 2.38 bits per heavy atom. The van der Waals surface area contributed by atoms with Crippen LogP contribution in [0.4, 0.5) is 5.13 Å². The van der Waals surface area contributed by atoms with Gasteiger partial charge in [0.15, 0.2) is 0 Å². The summed E-state index contributed by atoms with van der Waals surface area (Å²) in [6.45, 7) is 1.83. The standard InChI is InChI=1S/C14H15N3O3S/c1-9-16-17-14(21-9)15-13(18)5-4-10-6-11(19-2)8-12(7-10)20-3/h4-8H,1-3H3,(H,15,17,18)/b5-4+. The average Bonchev–Trinajstić information content (AvgIpc) is 2.89. The topological polar surface area (TPSA) is 73.3 Å². The number of anilines is 1. The molecule has 2 rings (SSSR count). The van der Waals surface area contributed by atoms with Crippen LogP contribution in [0.25, 0.3) is 6.08 Å². The van der Waals surface area contributed by atoms with Gasteiger partial charge in [0, 0.05) is 12.1 Å². The number of nitrogens with one attached hydrogen (secondary N) is 1. The van der Waals surface area contributed by atoms with Gasteiger partial charge in [-0.25, -0.2) is 0 Å². The Labute approximate surface area is 126 Å². The molecule has 0 atom stereocenters. The van der Waals surface area contributed by atoms with Crippen LogP contribution in [0, 0.1) is 6.92 Å². The van der Waals surface area contributed by atoms with E-state index in [0.29, 0.717) is 16.6 Å². The van der Waals surface area contributed by atoms with Gasteiger partial charge in [-0.05, 0) is 30.7 Å². The number of ether oxygens (including phenoxy) is 2. The van der Waals surface area contributed by atoms with Gasteiger partial charge in [0.2, 0.25) is 11.0 Å². The number of nitrogens with zero attached hydrogens (tertiary/aromatic N) is 2. The van der Waals surface area contributed by atoms with Crippen molar-refractivity contribution < 1.29 is 14.3 Å². The molecule has 1 aromatic carbocycles. The number of rotatable bonds is 5. The first-order valence-electron chi connectivity index (χ1n) is 6.13. The fraction of sp³-hybridized carbons (Fsp3) is 0.214. The van der Waals surface area contributed by atoms with Gasteiger partial charge in [-0.15, -0.1) is 10.2 Å². The summed E-state index contributed by atoms with van der Waals surface area (Å²) in [6, 6.07) is 5.38. The monoisotopic (exact) mass is 305 g/mol. The molecule has 0 aliphatic heterocycles. The van der Waals surface area contributed by atoms with Crippen molar-refractivity contribution in [3.8, 4) is 11.5 Å². The maximum atomic E-state index is 11.8. The molecule has 0 fully saturated rings. The van der Waals surface area contributed by atoms with Crippen molar-refractivity contribution in [2.45, 2.75) is 6.92 Å². The molecule has 6 nitrogen and oxygen atoms in total. The molecular weight excluding hydrogens is 290 g/mol. The van der Waals surface area contributed by atoms with Crippen molar-refractivity contribution in [1.29, 1.82) is 0 Å². The van der Waals surface area contributed by atoms with Crippen LogP contribution in [0.2, 0.25) is 0 Å². The third-order valence-corrected chi connectivity index (χ3v) is 3.31. The van der Waals surface area contributed by atoms with E-state index in [1.54, 1.807) is 38.5 Å². The molecule has 2 aromatic rings. The SMILES string of the molecule is COc1cc(/C=C/C(=O)Nc2nnc(C)s2)cc(OC)c1. The lowest BCUT2D eigenvalue weighted by Gasteiger charge is -2.05. The van der Waals surface area contributed by atoms with E-state index in [0.717, 1.165) is 10.6 Å². The summed E-state index contributed by atoms with van der Waals surface area (Å²) >= 11 is 1.32. The molecular formula is C14H15N3O3S. The van der Waals surface area contributed by atoms with Gasteiger partial charge < -0.3 is 9.47 Å². The highest BCUT2D eigenvalue weighted by atomic mass is 32.1. The molecule has 0 aliphatic rings. The lowest BCUT2D eigenvalue weighted by molar-refractivity contribution is -0.111. The van der Waals surface area contributed by atoms with Crippen molar-refractivity contribution >= 4 is 28.5 Å². The Bertz CT molecular complexity index is 645. The first-order chi connectivity index (χ1) is 10.1. The predicted molar refractivity (Wildman–Crippen MR) is 81.9 cm³/mol. The van der Waals surface area contributed by atoms with Gasteiger partial charge in [-0.3, -0.25) is 10.1 Å². The van der Waals surface area contributed by atoms with Gasteiger partial charge >= 0.3 is 0 Å². The Morgan fingerprint density at radius 2 is 1.86 bits per heavy atom. The summed E-state index contributed by atoms with van der Waals surface area (Å²) in [5.74, 6) is 1.05. The van der Waals surface area contributed by atoms with E-state index in [1.807, 2.05) is 6.92 Å². The molecule has 110 valence electrons. The van der Waals surface area contributed by atoms with E-state index in [-0.39, 0.29) is 5.91 Å². The molecule has 0 saturated heterocycles. The molecule has 1 aromatic heterocycles. The normalized spacial score (nSPS) is 10.6. The van der Waals surface area contributed by atoms with Crippen LogP contribution < -0.4 is 14.8 Å². The summed E-state index contributed by atoms with van der Waals surface area (Å²) in [5.41, 5.74) is 0.801. The van der Waals surface area contributed by atoms with Crippen LogP contribution in [0.1, 0.15) is 10.6 Å². The van der Waals surface area contributed by atoms with Crippen molar-refractivity contribution in [3.63, 3.8) is 0 Å². The first kappa shape index (κ1) is 15.0. The quantitative estimate of drug-likeness (QED) is 0.859. The third kappa shape index (κ3) is 4.28. The van der Waals surface area contributed by atoms with Crippen LogP contribution in [0.5, 0.6) is 11.5 Å². The van der Waals surface area contributed by atoms with Crippen molar-refractivity contribution in [3.05, 3.63) is 34.8 Å². The minimum atomic E-state index is -0.270. The van der Waals surface area contributed by atoms with Crippen molar-refractivity contribution in [2.24, 2.45) is 0 Å². The number of methoxy groups -OCH3 is 2. The number of hydrogen-bond acceptors (Lipinski definition) is 6. The Kier molecular flexibility index (Phi) is 4.89. The lowest BCUT2D eigenvalue weighted by Crippen LogP contribution is -2.07. The summed E-state index contributed by atoms with van der Waals surface area (Å²) < 4.78 is 10.3. The van der Waals surface area contributed by atoms with Crippen LogP contribution in [-0.2, 0) is 4.79 Å². The highest BCUT2D eigenvalue weighted by molar-refractivity contribution is 7.15. The summed E-state index contributed by atoms with van der Waals surface area (Å²) in [4.78, 5) is 11.8. The Balaban J connectivity index is 2.07. The van der Waals surface area contributed by atoms with Gasteiger partial charge in [-0.1, -0.05) is 11.3 Å². The number of benzene rings is 1. The van der Waals surface area contributed by atoms with Gasteiger partial charge in [0.05, 0.1) is 14.2 Å². The largest absolute Gasteiger partial charge is 0.497 e. The minimum absolute atomic E-state index is 0.270. The molecule has 7 heteroatoms. The molecule has 0 spiro atoms. The number of carbonyl (C=O) groups is 1. The zero-order valence-corrected chi connectivity index (χ0v) is 12.7. The molecule has 1 N–H and O–H groups in total. The van der Waals surface area contributed by atoms with Crippen LogP contribution in [0.15, 0.2) is 24.3 Å². The fourth-order valence-electron chi connectivity index (χ4n) is 1.59. The molecule has 0 unspecified atom stereocenters. The van der Waals surface area contributed by atoms with Crippen LogP contribution in [0.3, 0.4) is 0 Å². The second kappa shape index (κ2) is 6.85. The second-order valence-corrected chi connectivity index (χ2v) is 5.28. The smallest absolute Gasteiger partial charge is 0.250 e. The Hall–Kier alpha value is -2.41. The van der Waals surface area contributed by atoms with E-state index in [4.69, 9.17) is 9.47 Å². The maximum absolute atomic E-state index is 11.8. The number of carbonyl (C=O) groups excluding carboxylic acids is 1.